The summed E-state index contributed by atoms with van der Waals surface area (Å²) >= 11 is 0. The number of carbonyl (C=O) groups excluding carboxylic acids is 1. The summed E-state index contributed by atoms with van der Waals surface area (Å²) in [7, 11) is 1.49. The Balaban J connectivity index is 1.76. The van der Waals surface area contributed by atoms with Gasteiger partial charge in [-0.3, -0.25) is 4.79 Å². The van der Waals surface area contributed by atoms with Crippen molar-refractivity contribution in [3.63, 3.8) is 0 Å². The Morgan fingerprint density at radius 2 is 1.89 bits per heavy atom. The van der Waals surface area contributed by atoms with Crippen molar-refractivity contribution < 1.29 is 19.4 Å². The third-order valence-corrected chi connectivity index (χ3v) is 4.26. The van der Waals surface area contributed by atoms with E-state index >= 15 is 0 Å². The molecule has 0 aliphatic carbocycles. The molecule has 0 heterocycles. The summed E-state index contributed by atoms with van der Waals surface area (Å²) in [4.78, 5) is 11.4. The number of Topliss-reactive ketones (excluding diaryl/α,β-unsaturated/α-hetero) is 1. The molecule has 0 aliphatic rings. The summed E-state index contributed by atoms with van der Waals surface area (Å²) in [5.74, 6) is 0.574. The fraction of sp³-hybridized carbons (Fsp3) is 0.409. The normalized spacial score (nSPS) is 13.2. The Morgan fingerprint density at radius 3 is 2.56 bits per heavy atom. The lowest BCUT2D eigenvalue weighted by atomic mass is 10.0. The van der Waals surface area contributed by atoms with Gasteiger partial charge >= 0.3 is 0 Å². The van der Waals surface area contributed by atoms with Gasteiger partial charge in [-0.1, -0.05) is 42.0 Å². The number of ketones is 1. The van der Waals surface area contributed by atoms with Crippen molar-refractivity contribution in [2.45, 2.75) is 32.4 Å². The van der Waals surface area contributed by atoms with E-state index in [2.05, 4.69) is 12.2 Å². The van der Waals surface area contributed by atoms with Gasteiger partial charge < -0.3 is 19.9 Å². The molecule has 5 nitrogen and oxygen atoms in total. The number of aliphatic hydroxyl groups is 1. The molecule has 2 aromatic carbocycles. The molecule has 2 unspecified atom stereocenters. The van der Waals surface area contributed by atoms with Gasteiger partial charge in [-0.05, 0) is 43.5 Å². The summed E-state index contributed by atoms with van der Waals surface area (Å²) in [6.45, 7) is 4.70. The molecule has 2 rings (SSSR count). The first-order valence-corrected chi connectivity index (χ1v) is 9.18. The summed E-state index contributed by atoms with van der Waals surface area (Å²) < 4.78 is 10.2. The number of aliphatic hydroxyl groups excluding tert-OH is 1. The number of hydrogen-bond donors (Lipinski definition) is 2. The second-order valence-corrected chi connectivity index (χ2v) is 6.85. The average Bonchev–Trinajstić information content (AvgIpc) is 2.66. The SMILES string of the molecule is COCC(=O)COc1ccc(CC(C)NCC(O)c2cccc(C)c2)cc1. The van der Waals surface area contributed by atoms with E-state index in [9.17, 15) is 9.90 Å². The molecule has 0 aromatic heterocycles. The van der Waals surface area contributed by atoms with Crippen LogP contribution in [0.5, 0.6) is 5.75 Å². The second kappa shape index (κ2) is 10.8. The van der Waals surface area contributed by atoms with Crippen LogP contribution >= 0.6 is 0 Å². The molecule has 0 spiro atoms. The van der Waals surface area contributed by atoms with Crippen LogP contribution in [-0.2, 0) is 16.0 Å². The van der Waals surface area contributed by atoms with E-state index in [1.54, 1.807) is 0 Å². The number of aryl methyl sites for hydroxylation is 1. The lowest BCUT2D eigenvalue weighted by Crippen LogP contribution is -2.32. The number of ether oxygens (including phenoxy) is 2. The topological polar surface area (TPSA) is 67.8 Å². The van der Waals surface area contributed by atoms with Gasteiger partial charge in [-0.25, -0.2) is 0 Å². The van der Waals surface area contributed by atoms with E-state index in [1.165, 1.54) is 7.11 Å². The molecule has 0 fully saturated rings. The van der Waals surface area contributed by atoms with E-state index in [-0.39, 0.29) is 25.0 Å². The zero-order valence-corrected chi connectivity index (χ0v) is 16.3. The quantitative estimate of drug-likeness (QED) is 0.636. The molecule has 27 heavy (non-hydrogen) atoms. The minimum atomic E-state index is -0.521. The Morgan fingerprint density at radius 1 is 1.15 bits per heavy atom. The molecular formula is C22H29NO4. The largest absolute Gasteiger partial charge is 0.486 e. The fourth-order valence-corrected chi connectivity index (χ4v) is 2.82. The number of hydrogen-bond acceptors (Lipinski definition) is 5. The van der Waals surface area contributed by atoms with Crippen molar-refractivity contribution in [2.75, 3.05) is 26.9 Å². The molecule has 2 aromatic rings. The minimum absolute atomic E-state index is 0.0159. The van der Waals surface area contributed by atoms with Gasteiger partial charge in [0.2, 0.25) is 0 Å². The monoisotopic (exact) mass is 371 g/mol. The Labute approximate surface area is 161 Å². The van der Waals surface area contributed by atoms with Crippen LogP contribution in [-0.4, -0.2) is 43.8 Å². The van der Waals surface area contributed by atoms with Crippen LogP contribution in [0, 0.1) is 6.92 Å². The lowest BCUT2D eigenvalue weighted by Gasteiger charge is -2.18. The van der Waals surface area contributed by atoms with E-state index in [1.807, 2.05) is 55.5 Å². The highest BCUT2D eigenvalue weighted by Crippen LogP contribution is 2.15. The summed E-state index contributed by atoms with van der Waals surface area (Å²) in [5, 5.41) is 13.7. The third-order valence-electron chi connectivity index (χ3n) is 4.26. The molecule has 5 heteroatoms. The van der Waals surface area contributed by atoms with Gasteiger partial charge in [-0.15, -0.1) is 0 Å². The summed E-state index contributed by atoms with van der Waals surface area (Å²) in [6, 6.07) is 15.9. The van der Waals surface area contributed by atoms with Crippen molar-refractivity contribution in [1.82, 2.24) is 5.32 Å². The van der Waals surface area contributed by atoms with Crippen LogP contribution in [0.4, 0.5) is 0 Å². The first kappa shape index (κ1) is 21.1. The number of benzene rings is 2. The van der Waals surface area contributed by atoms with Crippen molar-refractivity contribution in [1.29, 1.82) is 0 Å². The maximum Gasteiger partial charge on any atom is 0.195 e. The average molecular weight is 371 g/mol. The fourth-order valence-electron chi connectivity index (χ4n) is 2.82. The van der Waals surface area contributed by atoms with Gasteiger partial charge in [0.15, 0.2) is 5.78 Å². The van der Waals surface area contributed by atoms with Gasteiger partial charge in [0, 0.05) is 19.7 Å². The van der Waals surface area contributed by atoms with Crippen LogP contribution in [0.1, 0.15) is 29.7 Å². The minimum Gasteiger partial charge on any atom is -0.486 e. The Bertz CT molecular complexity index is 715. The smallest absolute Gasteiger partial charge is 0.195 e. The zero-order chi connectivity index (χ0) is 19.6. The molecule has 0 saturated heterocycles. The van der Waals surface area contributed by atoms with Crippen LogP contribution in [0.3, 0.4) is 0 Å². The molecule has 2 N–H and O–H groups in total. The zero-order valence-electron chi connectivity index (χ0n) is 16.3. The van der Waals surface area contributed by atoms with Gasteiger partial charge in [-0.2, -0.15) is 0 Å². The second-order valence-electron chi connectivity index (χ2n) is 6.85. The van der Waals surface area contributed by atoms with Crippen molar-refractivity contribution in [3.05, 3.63) is 65.2 Å². The molecule has 0 radical (unpaired) electrons. The molecular weight excluding hydrogens is 342 g/mol. The maximum atomic E-state index is 11.4. The van der Waals surface area contributed by atoms with Crippen LogP contribution in [0.15, 0.2) is 48.5 Å². The molecule has 2 atom stereocenters. The van der Waals surface area contributed by atoms with E-state index in [0.717, 1.165) is 23.1 Å². The predicted octanol–water partition coefficient (Wildman–Crippen LogP) is 2.84. The highest BCUT2D eigenvalue weighted by molar-refractivity contribution is 5.81. The van der Waals surface area contributed by atoms with Crippen LogP contribution < -0.4 is 10.1 Å². The predicted molar refractivity (Wildman–Crippen MR) is 106 cm³/mol. The number of carbonyl (C=O) groups is 1. The summed E-state index contributed by atoms with van der Waals surface area (Å²) in [6.07, 6.45) is 0.316. The standard InChI is InChI=1S/C22H29NO4/c1-16-5-4-6-19(11-16)22(25)13-23-17(2)12-18-7-9-21(10-8-18)27-15-20(24)14-26-3/h4-11,17,22-23,25H,12-15H2,1-3H3. The molecule has 0 saturated carbocycles. The number of nitrogens with one attached hydrogen (secondary N) is 1. The van der Waals surface area contributed by atoms with E-state index in [0.29, 0.717) is 12.3 Å². The highest BCUT2D eigenvalue weighted by atomic mass is 16.5. The van der Waals surface area contributed by atoms with Crippen molar-refractivity contribution >= 4 is 5.78 Å². The molecule has 0 aliphatic heterocycles. The van der Waals surface area contributed by atoms with Gasteiger partial charge in [0.1, 0.15) is 19.0 Å². The third kappa shape index (κ3) is 7.51. The van der Waals surface area contributed by atoms with Crippen LogP contribution in [0.2, 0.25) is 0 Å². The number of rotatable bonds is 11. The molecule has 0 amide bonds. The molecule has 146 valence electrons. The number of methoxy groups -OCH3 is 1. The maximum absolute atomic E-state index is 11.4. The summed E-state index contributed by atoms with van der Waals surface area (Å²) in [5.41, 5.74) is 3.24. The first-order valence-electron chi connectivity index (χ1n) is 9.18. The van der Waals surface area contributed by atoms with E-state index < -0.39 is 6.10 Å². The van der Waals surface area contributed by atoms with Crippen molar-refractivity contribution in [2.24, 2.45) is 0 Å². The highest BCUT2D eigenvalue weighted by Gasteiger charge is 2.10. The van der Waals surface area contributed by atoms with Crippen LogP contribution in [0.25, 0.3) is 0 Å². The first-order chi connectivity index (χ1) is 13.0. The lowest BCUT2D eigenvalue weighted by molar-refractivity contribution is -0.124. The van der Waals surface area contributed by atoms with E-state index in [4.69, 9.17) is 9.47 Å². The van der Waals surface area contributed by atoms with Gasteiger partial charge in [0.05, 0.1) is 6.10 Å². The molecule has 0 bridgehead atoms. The van der Waals surface area contributed by atoms with Crippen molar-refractivity contribution in [3.8, 4) is 5.75 Å². The van der Waals surface area contributed by atoms with Gasteiger partial charge in [0.25, 0.3) is 0 Å². The Hall–Kier alpha value is -2.21. The Kier molecular flexibility index (Phi) is 8.45.